The highest BCUT2D eigenvalue weighted by molar-refractivity contribution is 5.88. The number of amides is 2. The number of benzene rings is 1. The molecule has 7 nitrogen and oxygen atoms in total. The van der Waals surface area contributed by atoms with Crippen molar-refractivity contribution in [2.45, 2.75) is 45.3 Å². The number of carbonyl (C=O) groups excluding carboxylic acids is 2. The minimum absolute atomic E-state index is 0.0639. The van der Waals surface area contributed by atoms with Gasteiger partial charge in [-0.15, -0.1) is 0 Å². The monoisotopic (exact) mass is 402 g/mol. The molecule has 3 rings (SSSR count). The van der Waals surface area contributed by atoms with E-state index >= 15 is 0 Å². The zero-order valence-corrected chi connectivity index (χ0v) is 17.9. The second-order valence-corrected chi connectivity index (χ2v) is 8.66. The zero-order valence-electron chi connectivity index (χ0n) is 17.9. The van der Waals surface area contributed by atoms with Crippen LogP contribution < -0.4 is 10.6 Å². The van der Waals surface area contributed by atoms with Gasteiger partial charge in [0.05, 0.1) is 25.7 Å². The van der Waals surface area contributed by atoms with Gasteiger partial charge in [-0.3, -0.25) is 19.4 Å². The van der Waals surface area contributed by atoms with E-state index in [1.54, 1.807) is 0 Å². The molecule has 0 aromatic heterocycles. The summed E-state index contributed by atoms with van der Waals surface area (Å²) in [4.78, 5) is 29.6. The van der Waals surface area contributed by atoms with E-state index in [1.165, 1.54) is 5.56 Å². The first kappa shape index (κ1) is 21.7. The molecule has 1 atom stereocenters. The molecule has 1 aromatic carbocycles. The molecule has 0 saturated carbocycles. The number of hydrogen-bond donors (Lipinski definition) is 2. The van der Waals surface area contributed by atoms with E-state index in [-0.39, 0.29) is 23.8 Å². The Morgan fingerprint density at radius 1 is 1.21 bits per heavy atom. The summed E-state index contributed by atoms with van der Waals surface area (Å²) in [5.41, 5.74) is 2.23. The smallest absolute Gasteiger partial charge is 0.237 e. The molecule has 0 unspecified atom stereocenters. The molecule has 2 fully saturated rings. The maximum atomic E-state index is 12.7. The first-order valence-electron chi connectivity index (χ1n) is 10.5. The normalized spacial score (nSPS) is 21.6. The van der Waals surface area contributed by atoms with Gasteiger partial charge in [-0.25, -0.2) is 0 Å². The lowest BCUT2D eigenvalue weighted by molar-refractivity contribution is -0.134. The highest BCUT2D eigenvalue weighted by atomic mass is 16.5. The van der Waals surface area contributed by atoms with Gasteiger partial charge in [0, 0.05) is 44.8 Å². The van der Waals surface area contributed by atoms with E-state index in [0.717, 1.165) is 38.4 Å². The third-order valence-corrected chi connectivity index (χ3v) is 5.91. The number of aryl methyl sites for hydroxylation is 1. The maximum Gasteiger partial charge on any atom is 0.237 e. The van der Waals surface area contributed by atoms with E-state index < -0.39 is 6.04 Å². The average molecular weight is 403 g/mol. The molecular formula is C22H34N4O3. The standard InChI is InChI=1S/C22H34N4O3/c1-17-4-6-18(7-5-17)15-25-9-8-23-21(28)19(25)14-20(27)24-16-22(2,3)26-10-12-29-13-11-26/h4-7,19H,8-16H2,1-3H3,(H,23,28)(H,24,27)/t19-/m0/s1. The molecule has 2 amide bonds. The van der Waals surface area contributed by atoms with Crippen molar-refractivity contribution in [2.75, 3.05) is 45.9 Å². The van der Waals surface area contributed by atoms with E-state index in [1.807, 2.05) is 0 Å². The van der Waals surface area contributed by atoms with Crippen LogP contribution in [-0.4, -0.2) is 79.1 Å². The van der Waals surface area contributed by atoms with Gasteiger partial charge in [0.1, 0.15) is 0 Å². The molecular weight excluding hydrogens is 368 g/mol. The quantitative estimate of drug-likeness (QED) is 0.709. The fraction of sp³-hybridized carbons (Fsp3) is 0.636. The third-order valence-electron chi connectivity index (χ3n) is 5.91. The van der Waals surface area contributed by atoms with Crippen molar-refractivity contribution in [3.63, 3.8) is 0 Å². The molecule has 2 aliphatic rings. The van der Waals surface area contributed by atoms with Crippen molar-refractivity contribution in [1.82, 2.24) is 20.4 Å². The molecule has 2 aliphatic heterocycles. The molecule has 2 saturated heterocycles. The van der Waals surface area contributed by atoms with Gasteiger partial charge >= 0.3 is 0 Å². The molecule has 160 valence electrons. The van der Waals surface area contributed by atoms with Crippen LogP contribution in [0, 0.1) is 6.92 Å². The molecule has 2 heterocycles. The Labute approximate surface area is 173 Å². The molecule has 29 heavy (non-hydrogen) atoms. The third kappa shape index (κ3) is 6.01. The van der Waals surface area contributed by atoms with Crippen molar-refractivity contribution >= 4 is 11.8 Å². The van der Waals surface area contributed by atoms with Crippen LogP contribution in [0.2, 0.25) is 0 Å². The Morgan fingerprint density at radius 3 is 2.59 bits per heavy atom. The zero-order chi connectivity index (χ0) is 20.9. The molecule has 7 heteroatoms. The molecule has 2 N–H and O–H groups in total. The summed E-state index contributed by atoms with van der Waals surface area (Å²) in [5.74, 6) is -0.145. The highest BCUT2D eigenvalue weighted by Crippen LogP contribution is 2.17. The fourth-order valence-electron chi connectivity index (χ4n) is 3.94. The number of piperazine rings is 1. The van der Waals surface area contributed by atoms with Crippen LogP contribution >= 0.6 is 0 Å². The average Bonchev–Trinajstić information content (AvgIpc) is 2.71. The predicted molar refractivity (Wildman–Crippen MR) is 112 cm³/mol. The van der Waals surface area contributed by atoms with Crippen LogP contribution in [0.4, 0.5) is 0 Å². The molecule has 0 bridgehead atoms. The van der Waals surface area contributed by atoms with Crippen LogP contribution in [0.1, 0.15) is 31.4 Å². The maximum absolute atomic E-state index is 12.7. The van der Waals surface area contributed by atoms with E-state index in [0.29, 0.717) is 19.6 Å². The lowest BCUT2D eigenvalue weighted by Gasteiger charge is -2.41. The highest BCUT2D eigenvalue weighted by Gasteiger charge is 2.33. The topological polar surface area (TPSA) is 73.9 Å². The number of nitrogens with zero attached hydrogens (tertiary/aromatic N) is 2. The number of hydrogen-bond acceptors (Lipinski definition) is 5. The second kappa shape index (κ2) is 9.69. The summed E-state index contributed by atoms with van der Waals surface area (Å²) in [6, 6.07) is 7.90. The Morgan fingerprint density at radius 2 is 1.90 bits per heavy atom. The minimum Gasteiger partial charge on any atom is -0.379 e. The summed E-state index contributed by atoms with van der Waals surface area (Å²) in [7, 11) is 0. The van der Waals surface area contributed by atoms with Crippen LogP contribution in [-0.2, 0) is 20.9 Å². The van der Waals surface area contributed by atoms with Crippen molar-refractivity contribution in [2.24, 2.45) is 0 Å². The number of carbonyl (C=O) groups is 2. The van der Waals surface area contributed by atoms with Crippen LogP contribution in [0.15, 0.2) is 24.3 Å². The summed E-state index contributed by atoms with van der Waals surface area (Å²) < 4.78 is 5.42. The lowest BCUT2D eigenvalue weighted by Crippen LogP contribution is -2.58. The number of ether oxygens (including phenoxy) is 1. The van der Waals surface area contributed by atoms with Gasteiger partial charge in [0.25, 0.3) is 0 Å². The van der Waals surface area contributed by atoms with Gasteiger partial charge in [0.15, 0.2) is 0 Å². The van der Waals surface area contributed by atoms with Gasteiger partial charge in [-0.2, -0.15) is 0 Å². The van der Waals surface area contributed by atoms with Gasteiger partial charge < -0.3 is 15.4 Å². The fourth-order valence-corrected chi connectivity index (χ4v) is 3.94. The van der Waals surface area contributed by atoms with Gasteiger partial charge in [0.2, 0.25) is 11.8 Å². The number of nitrogens with one attached hydrogen (secondary N) is 2. The SMILES string of the molecule is Cc1ccc(CN2CCNC(=O)[C@@H]2CC(=O)NCC(C)(C)N2CCOCC2)cc1. The Kier molecular flexibility index (Phi) is 7.27. The first-order chi connectivity index (χ1) is 13.8. The summed E-state index contributed by atoms with van der Waals surface area (Å²) in [5, 5.41) is 5.96. The van der Waals surface area contributed by atoms with E-state index in [2.05, 4.69) is 65.5 Å². The first-order valence-corrected chi connectivity index (χ1v) is 10.5. The van der Waals surface area contributed by atoms with Crippen molar-refractivity contribution < 1.29 is 14.3 Å². The molecule has 0 aliphatic carbocycles. The summed E-state index contributed by atoms with van der Waals surface area (Å²) >= 11 is 0. The lowest BCUT2D eigenvalue weighted by atomic mass is 10.0. The van der Waals surface area contributed by atoms with Crippen molar-refractivity contribution in [1.29, 1.82) is 0 Å². The van der Waals surface area contributed by atoms with E-state index in [4.69, 9.17) is 4.74 Å². The molecule has 1 aromatic rings. The summed E-state index contributed by atoms with van der Waals surface area (Å²) in [6.07, 6.45) is 0.177. The van der Waals surface area contributed by atoms with E-state index in [9.17, 15) is 9.59 Å². The van der Waals surface area contributed by atoms with Crippen LogP contribution in [0.5, 0.6) is 0 Å². The Bertz CT molecular complexity index is 699. The van der Waals surface area contributed by atoms with Gasteiger partial charge in [-0.05, 0) is 26.3 Å². The van der Waals surface area contributed by atoms with Crippen molar-refractivity contribution in [3.05, 3.63) is 35.4 Å². The number of rotatable bonds is 7. The molecule has 0 radical (unpaired) electrons. The molecule has 0 spiro atoms. The largest absolute Gasteiger partial charge is 0.379 e. The predicted octanol–water partition coefficient (Wildman–Crippen LogP) is 0.913. The summed E-state index contributed by atoms with van der Waals surface area (Å²) in [6.45, 7) is 12.1. The minimum atomic E-state index is -0.434. The number of morpholine rings is 1. The second-order valence-electron chi connectivity index (χ2n) is 8.66. The Hall–Kier alpha value is -1.96. The van der Waals surface area contributed by atoms with Crippen LogP contribution in [0.3, 0.4) is 0 Å². The Balaban J connectivity index is 1.55. The van der Waals surface area contributed by atoms with Gasteiger partial charge in [-0.1, -0.05) is 29.8 Å². The van der Waals surface area contributed by atoms with Crippen molar-refractivity contribution in [3.8, 4) is 0 Å². The van der Waals surface area contributed by atoms with Crippen LogP contribution in [0.25, 0.3) is 0 Å².